The van der Waals surface area contributed by atoms with Gasteiger partial charge in [0, 0.05) is 18.5 Å². The molecule has 2 N–H and O–H groups in total. The first kappa shape index (κ1) is 11.4. The van der Waals surface area contributed by atoms with E-state index in [0.29, 0.717) is 10.9 Å². The number of hydrogen-bond donors (Lipinski definition) is 2. The lowest BCUT2D eigenvalue weighted by atomic mass is 10.1. The highest BCUT2D eigenvalue weighted by Crippen LogP contribution is 2.08. The molecule has 0 aliphatic heterocycles. The molecule has 1 aromatic carbocycles. The fourth-order valence-electron chi connectivity index (χ4n) is 1.50. The number of nitrogens with one attached hydrogen (secondary N) is 2. The highest BCUT2D eigenvalue weighted by molar-refractivity contribution is 5.78. The van der Waals surface area contributed by atoms with Gasteiger partial charge in [-0.3, -0.25) is 4.79 Å². The normalized spacial score (nSPS) is 9.94. The minimum Gasteiger partial charge on any atom is -0.319 e. The van der Waals surface area contributed by atoms with Gasteiger partial charge in [-0.1, -0.05) is 11.8 Å². The third kappa shape index (κ3) is 2.71. The van der Waals surface area contributed by atoms with Crippen molar-refractivity contribution in [2.24, 2.45) is 0 Å². The molecule has 0 aliphatic rings. The summed E-state index contributed by atoms with van der Waals surface area (Å²) in [6, 6.07) is 5.46. The average Bonchev–Trinajstić information content (AvgIpc) is 2.36. The lowest BCUT2D eigenvalue weighted by Gasteiger charge is -1.96. The van der Waals surface area contributed by atoms with Crippen molar-refractivity contribution in [2.75, 3.05) is 13.6 Å². The maximum absolute atomic E-state index is 11.6. The van der Waals surface area contributed by atoms with E-state index in [1.807, 2.05) is 19.2 Å². The van der Waals surface area contributed by atoms with Crippen LogP contribution in [0.2, 0.25) is 0 Å². The zero-order chi connectivity index (χ0) is 12.1. The summed E-state index contributed by atoms with van der Waals surface area (Å²) in [5, 5.41) is 3.60. The van der Waals surface area contributed by atoms with E-state index < -0.39 is 0 Å². The van der Waals surface area contributed by atoms with E-state index in [2.05, 4.69) is 27.1 Å². The van der Waals surface area contributed by atoms with Crippen LogP contribution in [0.4, 0.5) is 0 Å². The van der Waals surface area contributed by atoms with Crippen molar-refractivity contribution >= 4 is 10.9 Å². The monoisotopic (exact) mass is 227 g/mol. The lowest BCUT2D eigenvalue weighted by Crippen LogP contribution is -2.06. The smallest absolute Gasteiger partial charge is 0.258 e. The van der Waals surface area contributed by atoms with Gasteiger partial charge in [0.1, 0.15) is 0 Å². The topological polar surface area (TPSA) is 57.8 Å². The van der Waals surface area contributed by atoms with E-state index in [9.17, 15) is 4.79 Å². The SMILES string of the molecule is CNCCC#Cc1ccc2nc[nH]c(=O)c2c1. The Hall–Kier alpha value is -2.12. The minimum atomic E-state index is -0.131. The van der Waals surface area contributed by atoms with E-state index in [1.54, 1.807) is 6.07 Å². The van der Waals surface area contributed by atoms with Crippen LogP contribution in [-0.2, 0) is 0 Å². The molecular formula is C13H13N3O. The van der Waals surface area contributed by atoms with Crippen molar-refractivity contribution in [3.05, 3.63) is 40.4 Å². The lowest BCUT2D eigenvalue weighted by molar-refractivity contribution is 0.818. The zero-order valence-corrected chi connectivity index (χ0v) is 9.58. The van der Waals surface area contributed by atoms with Gasteiger partial charge in [0.25, 0.3) is 5.56 Å². The van der Waals surface area contributed by atoms with Crippen molar-refractivity contribution in [1.29, 1.82) is 0 Å². The fraction of sp³-hybridized carbons (Fsp3) is 0.231. The van der Waals surface area contributed by atoms with Gasteiger partial charge >= 0.3 is 0 Å². The first-order chi connectivity index (χ1) is 8.31. The molecule has 0 aliphatic carbocycles. The van der Waals surface area contributed by atoms with Gasteiger partial charge in [-0.15, -0.1) is 0 Å². The van der Waals surface area contributed by atoms with Crippen LogP contribution in [-0.4, -0.2) is 23.6 Å². The second-order valence-corrected chi connectivity index (χ2v) is 3.62. The van der Waals surface area contributed by atoms with Crippen molar-refractivity contribution in [3.63, 3.8) is 0 Å². The summed E-state index contributed by atoms with van der Waals surface area (Å²) in [6.45, 7) is 0.864. The van der Waals surface area contributed by atoms with E-state index in [0.717, 1.165) is 18.5 Å². The first-order valence-electron chi connectivity index (χ1n) is 5.42. The van der Waals surface area contributed by atoms with Crippen LogP contribution in [0.1, 0.15) is 12.0 Å². The summed E-state index contributed by atoms with van der Waals surface area (Å²) in [7, 11) is 1.89. The molecule has 0 atom stereocenters. The number of aromatic nitrogens is 2. The largest absolute Gasteiger partial charge is 0.319 e. The molecule has 0 spiro atoms. The van der Waals surface area contributed by atoms with Crippen LogP contribution in [0.3, 0.4) is 0 Å². The van der Waals surface area contributed by atoms with E-state index >= 15 is 0 Å². The third-order valence-corrected chi connectivity index (χ3v) is 2.37. The molecule has 2 aromatic rings. The van der Waals surface area contributed by atoms with Gasteiger partial charge in [0.05, 0.1) is 17.2 Å². The fourth-order valence-corrected chi connectivity index (χ4v) is 1.50. The number of H-pyrrole nitrogens is 1. The number of fused-ring (bicyclic) bond motifs is 1. The predicted molar refractivity (Wildman–Crippen MR) is 67.8 cm³/mol. The number of benzene rings is 1. The molecule has 0 unspecified atom stereocenters. The Bertz CT molecular complexity index is 634. The predicted octanol–water partition coefficient (Wildman–Crippen LogP) is 0.884. The Kier molecular flexibility index (Phi) is 3.53. The van der Waals surface area contributed by atoms with Crippen molar-refractivity contribution in [2.45, 2.75) is 6.42 Å². The summed E-state index contributed by atoms with van der Waals surface area (Å²) in [6.07, 6.45) is 2.20. The second kappa shape index (κ2) is 5.28. The maximum atomic E-state index is 11.6. The second-order valence-electron chi connectivity index (χ2n) is 3.62. The van der Waals surface area contributed by atoms with Crippen molar-refractivity contribution in [1.82, 2.24) is 15.3 Å². The summed E-state index contributed by atoms with van der Waals surface area (Å²) >= 11 is 0. The Morgan fingerprint density at radius 2 is 2.35 bits per heavy atom. The molecule has 0 bridgehead atoms. The summed E-state index contributed by atoms with van der Waals surface area (Å²) < 4.78 is 0. The van der Waals surface area contributed by atoms with Gasteiger partial charge in [-0.25, -0.2) is 4.98 Å². The molecule has 4 nitrogen and oxygen atoms in total. The summed E-state index contributed by atoms with van der Waals surface area (Å²) in [5.74, 6) is 6.07. The number of aromatic amines is 1. The molecule has 0 amide bonds. The molecule has 1 heterocycles. The van der Waals surface area contributed by atoms with Gasteiger partial charge in [-0.2, -0.15) is 0 Å². The van der Waals surface area contributed by atoms with Crippen LogP contribution in [0.5, 0.6) is 0 Å². The number of rotatable bonds is 2. The molecule has 4 heteroatoms. The van der Waals surface area contributed by atoms with E-state index in [-0.39, 0.29) is 5.56 Å². The quantitative estimate of drug-likeness (QED) is 0.591. The van der Waals surface area contributed by atoms with Crippen LogP contribution in [0, 0.1) is 11.8 Å². The third-order valence-electron chi connectivity index (χ3n) is 2.37. The van der Waals surface area contributed by atoms with Crippen LogP contribution in [0.25, 0.3) is 10.9 Å². The van der Waals surface area contributed by atoms with Crippen LogP contribution in [0.15, 0.2) is 29.3 Å². The summed E-state index contributed by atoms with van der Waals surface area (Å²) in [4.78, 5) is 18.2. The molecule has 0 saturated carbocycles. The Morgan fingerprint density at radius 1 is 1.47 bits per heavy atom. The minimum absolute atomic E-state index is 0.131. The highest BCUT2D eigenvalue weighted by atomic mass is 16.1. The molecule has 0 radical (unpaired) electrons. The molecule has 17 heavy (non-hydrogen) atoms. The Morgan fingerprint density at radius 3 is 3.18 bits per heavy atom. The molecule has 0 saturated heterocycles. The Labute approximate surface area is 99.1 Å². The standard InChI is InChI=1S/C13H13N3O/c1-14-7-3-2-4-10-5-6-12-11(8-10)13(17)16-9-15-12/h5-6,8-9,14H,3,7H2,1H3,(H,15,16,17). The first-order valence-corrected chi connectivity index (χ1v) is 5.42. The van der Waals surface area contributed by atoms with Gasteiger partial charge < -0.3 is 10.3 Å². The molecule has 86 valence electrons. The average molecular weight is 227 g/mol. The van der Waals surface area contributed by atoms with Gasteiger partial charge in [-0.05, 0) is 25.2 Å². The van der Waals surface area contributed by atoms with Crippen molar-refractivity contribution in [3.8, 4) is 11.8 Å². The van der Waals surface area contributed by atoms with Gasteiger partial charge in [0.15, 0.2) is 0 Å². The van der Waals surface area contributed by atoms with Gasteiger partial charge in [0.2, 0.25) is 0 Å². The zero-order valence-electron chi connectivity index (χ0n) is 9.58. The molecule has 2 rings (SSSR count). The number of nitrogens with zero attached hydrogens (tertiary/aromatic N) is 1. The molecule has 0 fully saturated rings. The van der Waals surface area contributed by atoms with E-state index in [1.165, 1.54) is 6.33 Å². The maximum Gasteiger partial charge on any atom is 0.258 e. The van der Waals surface area contributed by atoms with Crippen LogP contribution >= 0.6 is 0 Å². The molecule has 1 aromatic heterocycles. The Balaban J connectivity index is 2.33. The molecular weight excluding hydrogens is 214 g/mol. The highest BCUT2D eigenvalue weighted by Gasteiger charge is 1.98. The van der Waals surface area contributed by atoms with E-state index in [4.69, 9.17) is 0 Å². The van der Waals surface area contributed by atoms with Crippen LogP contribution < -0.4 is 10.9 Å². The summed E-state index contributed by atoms with van der Waals surface area (Å²) in [5.41, 5.74) is 1.40. The van der Waals surface area contributed by atoms with Crippen molar-refractivity contribution < 1.29 is 0 Å². The number of hydrogen-bond acceptors (Lipinski definition) is 3.